The lowest BCUT2D eigenvalue weighted by atomic mass is 10.1. The highest BCUT2D eigenvalue weighted by atomic mass is 32.1. The Morgan fingerprint density at radius 1 is 1.12 bits per heavy atom. The van der Waals surface area contributed by atoms with E-state index in [1.165, 1.54) is 19.3 Å². The summed E-state index contributed by atoms with van der Waals surface area (Å²) in [7, 11) is 0. The Bertz CT molecular complexity index is 926. The van der Waals surface area contributed by atoms with E-state index in [-0.39, 0.29) is 5.56 Å². The molecule has 6 heteroatoms. The standard InChI is InChI=1S/C19H22N4OS/c1-2-11-23-18(24)16-17(15(21-23)14-9-5-3-6-10-14)25-19(20-16)22-12-7-4-8-13-22/h3,5-6,9-10H,2,4,7-8,11-13H2,1H3. The molecule has 0 amide bonds. The van der Waals surface area contributed by atoms with Crippen LogP contribution in [0.2, 0.25) is 0 Å². The Morgan fingerprint density at radius 3 is 2.60 bits per heavy atom. The number of fused-ring (bicyclic) bond motifs is 1. The Balaban J connectivity index is 1.91. The number of rotatable bonds is 4. The zero-order valence-corrected chi connectivity index (χ0v) is 15.3. The molecule has 0 atom stereocenters. The molecule has 25 heavy (non-hydrogen) atoms. The molecule has 0 bridgehead atoms. The van der Waals surface area contributed by atoms with Crippen LogP contribution < -0.4 is 10.5 Å². The van der Waals surface area contributed by atoms with Crippen LogP contribution in [-0.2, 0) is 6.54 Å². The molecule has 0 aliphatic carbocycles. The van der Waals surface area contributed by atoms with Crippen molar-refractivity contribution in [2.24, 2.45) is 0 Å². The van der Waals surface area contributed by atoms with Crippen LogP contribution in [0.25, 0.3) is 21.5 Å². The molecule has 4 rings (SSSR count). The van der Waals surface area contributed by atoms with Crippen molar-refractivity contribution < 1.29 is 0 Å². The van der Waals surface area contributed by atoms with Crippen molar-refractivity contribution in [3.8, 4) is 11.3 Å². The first-order chi connectivity index (χ1) is 12.3. The molecule has 0 N–H and O–H groups in total. The second kappa shape index (κ2) is 6.96. The lowest BCUT2D eigenvalue weighted by molar-refractivity contribution is 0.573. The topological polar surface area (TPSA) is 51.0 Å². The van der Waals surface area contributed by atoms with Gasteiger partial charge >= 0.3 is 0 Å². The van der Waals surface area contributed by atoms with E-state index in [9.17, 15) is 4.79 Å². The molecule has 3 heterocycles. The van der Waals surface area contributed by atoms with Crippen LogP contribution in [0, 0.1) is 0 Å². The summed E-state index contributed by atoms with van der Waals surface area (Å²) in [6, 6.07) is 10.1. The van der Waals surface area contributed by atoms with Crippen molar-refractivity contribution in [2.75, 3.05) is 18.0 Å². The molecule has 2 aromatic heterocycles. The van der Waals surface area contributed by atoms with E-state index in [2.05, 4.69) is 16.9 Å². The maximum absolute atomic E-state index is 12.8. The van der Waals surface area contributed by atoms with Crippen molar-refractivity contribution >= 4 is 26.7 Å². The van der Waals surface area contributed by atoms with Gasteiger partial charge in [-0.05, 0) is 25.7 Å². The lowest BCUT2D eigenvalue weighted by Crippen LogP contribution is -2.29. The Labute approximate surface area is 150 Å². The van der Waals surface area contributed by atoms with Gasteiger partial charge in [0.05, 0.1) is 4.70 Å². The van der Waals surface area contributed by atoms with Crippen LogP contribution in [0.15, 0.2) is 35.1 Å². The predicted molar refractivity (Wildman–Crippen MR) is 103 cm³/mol. The molecule has 0 saturated carbocycles. The average molecular weight is 354 g/mol. The number of aromatic nitrogens is 3. The molecule has 1 aromatic carbocycles. The van der Waals surface area contributed by atoms with Gasteiger partial charge in [0.1, 0.15) is 5.69 Å². The Morgan fingerprint density at radius 2 is 1.88 bits per heavy atom. The quantitative estimate of drug-likeness (QED) is 0.712. The fourth-order valence-electron chi connectivity index (χ4n) is 3.32. The third-order valence-corrected chi connectivity index (χ3v) is 5.72. The van der Waals surface area contributed by atoms with Crippen LogP contribution in [0.5, 0.6) is 0 Å². The summed E-state index contributed by atoms with van der Waals surface area (Å²) in [4.78, 5) is 19.9. The fourth-order valence-corrected chi connectivity index (χ4v) is 4.43. The SMILES string of the molecule is CCCn1nc(-c2ccccc2)c2sc(N3CCCCC3)nc2c1=O. The summed E-state index contributed by atoms with van der Waals surface area (Å²) >= 11 is 1.61. The zero-order chi connectivity index (χ0) is 17.2. The van der Waals surface area contributed by atoms with E-state index in [1.54, 1.807) is 16.0 Å². The molecule has 3 aromatic rings. The van der Waals surface area contributed by atoms with E-state index in [1.807, 2.05) is 30.3 Å². The van der Waals surface area contributed by atoms with Crippen LogP contribution in [0.1, 0.15) is 32.6 Å². The maximum atomic E-state index is 12.8. The van der Waals surface area contributed by atoms with Crippen molar-refractivity contribution in [3.63, 3.8) is 0 Å². The van der Waals surface area contributed by atoms with Crippen LogP contribution >= 0.6 is 11.3 Å². The minimum Gasteiger partial charge on any atom is -0.348 e. The van der Waals surface area contributed by atoms with Gasteiger partial charge in [-0.2, -0.15) is 5.10 Å². The molecular weight excluding hydrogens is 332 g/mol. The molecule has 1 saturated heterocycles. The van der Waals surface area contributed by atoms with Crippen molar-refractivity contribution in [3.05, 3.63) is 40.7 Å². The van der Waals surface area contributed by atoms with Crippen molar-refractivity contribution in [1.82, 2.24) is 14.8 Å². The largest absolute Gasteiger partial charge is 0.348 e. The van der Waals surface area contributed by atoms with E-state index in [0.717, 1.165) is 40.6 Å². The summed E-state index contributed by atoms with van der Waals surface area (Å²) in [5.41, 5.74) is 2.39. The number of aryl methyl sites for hydroxylation is 1. The second-order valence-corrected chi connectivity index (χ2v) is 7.44. The van der Waals surface area contributed by atoms with E-state index < -0.39 is 0 Å². The first kappa shape index (κ1) is 16.3. The number of thiazole rings is 1. The lowest BCUT2D eigenvalue weighted by Gasteiger charge is -2.25. The van der Waals surface area contributed by atoms with Crippen molar-refractivity contribution in [1.29, 1.82) is 0 Å². The van der Waals surface area contributed by atoms with Crippen molar-refractivity contribution in [2.45, 2.75) is 39.2 Å². The molecule has 0 spiro atoms. The second-order valence-electron chi connectivity index (χ2n) is 6.46. The predicted octanol–water partition coefficient (Wildman–Crippen LogP) is 3.92. The summed E-state index contributed by atoms with van der Waals surface area (Å²) in [6.45, 7) is 4.72. The Kier molecular flexibility index (Phi) is 4.53. The highest BCUT2D eigenvalue weighted by Crippen LogP contribution is 2.34. The summed E-state index contributed by atoms with van der Waals surface area (Å²) in [6.07, 6.45) is 4.54. The average Bonchev–Trinajstić information content (AvgIpc) is 3.11. The van der Waals surface area contributed by atoms with E-state index in [0.29, 0.717) is 12.1 Å². The minimum absolute atomic E-state index is 0.0731. The molecule has 130 valence electrons. The number of hydrogen-bond donors (Lipinski definition) is 0. The molecular formula is C19H22N4OS. The van der Waals surface area contributed by atoms with Gasteiger partial charge in [-0.3, -0.25) is 4.79 Å². The molecule has 0 radical (unpaired) electrons. The zero-order valence-electron chi connectivity index (χ0n) is 14.4. The summed E-state index contributed by atoms with van der Waals surface area (Å²) < 4.78 is 2.48. The van der Waals surface area contributed by atoms with E-state index in [4.69, 9.17) is 4.98 Å². The number of anilines is 1. The first-order valence-electron chi connectivity index (χ1n) is 9.00. The number of nitrogens with zero attached hydrogens (tertiary/aromatic N) is 4. The van der Waals surface area contributed by atoms with Gasteiger partial charge in [-0.25, -0.2) is 9.67 Å². The van der Waals surface area contributed by atoms with Crippen LogP contribution in [0.3, 0.4) is 0 Å². The summed E-state index contributed by atoms with van der Waals surface area (Å²) in [5, 5.41) is 5.63. The van der Waals surface area contributed by atoms with Crippen LogP contribution in [0.4, 0.5) is 5.13 Å². The first-order valence-corrected chi connectivity index (χ1v) is 9.81. The molecule has 5 nitrogen and oxygen atoms in total. The normalized spacial score (nSPS) is 15.0. The highest BCUT2D eigenvalue weighted by molar-refractivity contribution is 7.22. The van der Waals surface area contributed by atoms with Gasteiger partial charge in [-0.1, -0.05) is 48.6 Å². The number of piperidine rings is 1. The van der Waals surface area contributed by atoms with Gasteiger partial charge in [0, 0.05) is 25.2 Å². The monoisotopic (exact) mass is 354 g/mol. The van der Waals surface area contributed by atoms with Gasteiger partial charge in [0.2, 0.25) is 0 Å². The van der Waals surface area contributed by atoms with E-state index >= 15 is 0 Å². The third kappa shape index (κ3) is 3.06. The summed E-state index contributed by atoms with van der Waals surface area (Å²) in [5.74, 6) is 0. The molecule has 1 aliphatic rings. The van der Waals surface area contributed by atoms with Gasteiger partial charge in [0.25, 0.3) is 5.56 Å². The maximum Gasteiger partial charge on any atom is 0.294 e. The number of benzene rings is 1. The molecule has 1 aliphatic heterocycles. The minimum atomic E-state index is -0.0731. The van der Waals surface area contributed by atoms with Gasteiger partial charge in [0.15, 0.2) is 10.6 Å². The Hall–Kier alpha value is -2.21. The van der Waals surface area contributed by atoms with Crippen LogP contribution in [-0.4, -0.2) is 27.9 Å². The smallest absolute Gasteiger partial charge is 0.294 e. The fraction of sp³-hybridized carbons (Fsp3) is 0.421. The van der Waals surface area contributed by atoms with Gasteiger partial charge < -0.3 is 4.90 Å². The highest BCUT2D eigenvalue weighted by Gasteiger charge is 2.21. The molecule has 0 unspecified atom stereocenters. The third-order valence-electron chi connectivity index (χ3n) is 4.60. The molecule has 1 fully saturated rings. The number of hydrogen-bond acceptors (Lipinski definition) is 5. The van der Waals surface area contributed by atoms with Gasteiger partial charge in [-0.15, -0.1) is 0 Å².